The van der Waals surface area contributed by atoms with Crippen molar-refractivity contribution < 1.29 is 14.2 Å². The second-order valence-electron chi connectivity index (χ2n) is 7.96. The van der Waals surface area contributed by atoms with Gasteiger partial charge in [-0.25, -0.2) is 9.61 Å². The number of carbonyl (C=O) groups is 1. The van der Waals surface area contributed by atoms with Crippen LogP contribution in [0, 0.1) is 6.92 Å². The van der Waals surface area contributed by atoms with Crippen LogP contribution in [0.4, 0.5) is 0 Å². The van der Waals surface area contributed by atoms with Gasteiger partial charge in [0.25, 0.3) is 5.91 Å². The number of aromatic nitrogens is 4. The smallest absolute Gasteiger partial charge is 0.274 e. The normalized spacial score (nSPS) is 14.7. The average molecular weight is 420 g/mol. The molecule has 1 saturated heterocycles. The quantitative estimate of drug-likeness (QED) is 0.489. The van der Waals surface area contributed by atoms with Crippen LogP contribution in [0.25, 0.3) is 16.7 Å². The second-order valence-corrected chi connectivity index (χ2v) is 7.96. The number of morpholine rings is 1. The summed E-state index contributed by atoms with van der Waals surface area (Å²) in [6.07, 6.45) is 1.97. The summed E-state index contributed by atoms with van der Waals surface area (Å²) in [5, 5.41) is 7.78. The molecular formula is C22H24N6O3. The zero-order valence-electron chi connectivity index (χ0n) is 17.6. The van der Waals surface area contributed by atoms with Crippen molar-refractivity contribution in [2.45, 2.75) is 20.0 Å². The van der Waals surface area contributed by atoms with Gasteiger partial charge in [-0.1, -0.05) is 12.1 Å². The molecule has 3 aromatic heterocycles. The minimum absolute atomic E-state index is 0.0371. The van der Waals surface area contributed by atoms with Gasteiger partial charge < -0.3 is 14.0 Å². The molecule has 1 aliphatic rings. The van der Waals surface area contributed by atoms with Crippen LogP contribution in [0.15, 0.2) is 41.2 Å². The largest absolute Gasteiger partial charge is 0.378 e. The number of aryl methyl sites for hydroxylation is 1. The van der Waals surface area contributed by atoms with E-state index in [2.05, 4.69) is 15.2 Å². The number of carbonyl (C=O) groups excluding carboxylic acids is 1. The number of benzene rings is 1. The Balaban J connectivity index is 1.45. The average Bonchev–Trinajstić information content (AvgIpc) is 3.39. The van der Waals surface area contributed by atoms with E-state index in [0.717, 1.165) is 33.5 Å². The second kappa shape index (κ2) is 8.09. The fourth-order valence-electron chi connectivity index (χ4n) is 4.04. The molecule has 0 radical (unpaired) electrons. The molecule has 4 heterocycles. The Morgan fingerprint density at radius 2 is 1.94 bits per heavy atom. The third kappa shape index (κ3) is 3.77. The molecule has 0 saturated carbocycles. The molecule has 0 atom stereocenters. The topological polar surface area (TPSA) is 89.0 Å². The van der Waals surface area contributed by atoms with Gasteiger partial charge in [0, 0.05) is 32.4 Å². The molecule has 1 aliphatic heterocycles. The Morgan fingerprint density at radius 1 is 1.13 bits per heavy atom. The molecule has 0 spiro atoms. The van der Waals surface area contributed by atoms with Crippen LogP contribution in [0.1, 0.15) is 27.3 Å². The number of fused-ring (bicyclic) bond motifs is 2. The van der Waals surface area contributed by atoms with Crippen molar-refractivity contribution >= 4 is 22.6 Å². The highest BCUT2D eigenvalue weighted by Gasteiger charge is 2.26. The molecule has 9 heteroatoms. The lowest BCUT2D eigenvalue weighted by Gasteiger charge is -2.26. The first-order valence-corrected chi connectivity index (χ1v) is 10.3. The predicted octanol–water partition coefficient (Wildman–Crippen LogP) is 2.28. The minimum atomic E-state index is -0.0371. The van der Waals surface area contributed by atoms with Gasteiger partial charge >= 0.3 is 0 Å². The van der Waals surface area contributed by atoms with E-state index in [9.17, 15) is 4.79 Å². The molecule has 0 bridgehead atoms. The van der Waals surface area contributed by atoms with Crippen molar-refractivity contribution in [2.24, 2.45) is 0 Å². The number of pyridine rings is 1. The van der Waals surface area contributed by atoms with E-state index in [0.29, 0.717) is 45.1 Å². The molecule has 5 rings (SSSR count). The van der Waals surface area contributed by atoms with Crippen molar-refractivity contribution in [2.75, 3.05) is 33.4 Å². The van der Waals surface area contributed by atoms with Crippen LogP contribution in [0.2, 0.25) is 0 Å². The summed E-state index contributed by atoms with van der Waals surface area (Å²) in [5.41, 5.74) is 5.83. The van der Waals surface area contributed by atoms with Crippen molar-refractivity contribution in [3.8, 4) is 0 Å². The number of ether oxygens (including phenoxy) is 1. The lowest BCUT2D eigenvalue weighted by atomic mass is 10.2. The Kier molecular flexibility index (Phi) is 5.13. The van der Waals surface area contributed by atoms with Crippen LogP contribution in [-0.4, -0.2) is 68.8 Å². The number of nitrogens with zero attached hydrogens (tertiary/aromatic N) is 6. The van der Waals surface area contributed by atoms with E-state index in [1.54, 1.807) is 0 Å². The summed E-state index contributed by atoms with van der Waals surface area (Å²) < 4.78 is 12.2. The molecular weight excluding hydrogens is 396 g/mol. The summed E-state index contributed by atoms with van der Waals surface area (Å²) in [6, 6.07) is 9.89. The fraction of sp³-hybridized carbons (Fsp3) is 0.364. The van der Waals surface area contributed by atoms with Gasteiger partial charge in [-0.2, -0.15) is 0 Å². The summed E-state index contributed by atoms with van der Waals surface area (Å²) in [5.74, 6) is -0.0371. The Labute approximate surface area is 179 Å². The van der Waals surface area contributed by atoms with Gasteiger partial charge in [0.15, 0.2) is 5.69 Å². The van der Waals surface area contributed by atoms with Crippen molar-refractivity contribution in [1.82, 2.24) is 29.5 Å². The van der Waals surface area contributed by atoms with Crippen LogP contribution in [0.5, 0.6) is 0 Å². The molecule has 1 fully saturated rings. The SMILES string of the molecule is Cc1cccn2c(CN(C)Cc3ccc4nonc4c3)c(C(=O)N3CCOCC3)nc12. The first-order chi connectivity index (χ1) is 15.1. The third-order valence-electron chi connectivity index (χ3n) is 5.64. The lowest BCUT2D eigenvalue weighted by molar-refractivity contribution is 0.0298. The number of hydrogen-bond acceptors (Lipinski definition) is 7. The Bertz CT molecular complexity index is 1240. The minimum Gasteiger partial charge on any atom is -0.378 e. The Morgan fingerprint density at radius 3 is 2.77 bits per heavy atom. The lowest BCUT2D eigenvalue weighted by Crippen LogP contribution is -2.41. The summed E-state index contributed by atoms with van der Waals surface area (Å²) in [4.78, 5) is 22.1. The number of rotatable bonds is 5. The van der Waals surface area contributed by atoms with E-state index < -0.39 is 0 Å². The zero-order chi connectivity index (χ0) is 21.4. The first kappa shape index (κ1) is 19.7. The molecule has 0 N–H and O–H groups in total. The fourth-order valence-corrected chi connectivity index (χ4v) is 4.04. The van der Waals surface area contributed by atoms with Crippen LogP contribution in [0.3, 0.4) is 0 Å². The van der Waals surface area contributed by atoms with Crippen LogP contribution < -0.4 is 0 Å². The van der Waals surface area contributed by atoms with E-state index in [1.165, 1.54) is 0 Å². The number of amides is 1. The van der Waals surface area contributed by atoms with Gasteiger partial charge in [-0.3, -0.25) is 9.69 Å². The summed E-state index contributed by atoms with van der Waals surface area (Å²) >= 11 is 0. The monoisotopic (exact) mass is 420 g/mol. The zero-order valence-corrected chi connectivity index (χ0v) is 17.6. The van der Waals surface area contributed by atoms with E-state index in [1.807, 2.05) is 59.8 Å². The summed E-state index contributed by atoms with van der Waals surface area (Å²) in [7, 11) is 2.03. The van der Waals surface area contributed by atoms with E-state index >= 15 is 0 Å². The van der Waals surface area contributed by atoms with Gasteiger partial charge in [-0.15, -0.1) is 0 Å². The molecule has 9 nitrogen and oxygen atoms in total. The van der Waals surface area contributed by atoms with Gasteiger partial charge in [0.2, 0.25) is 0 Å². The predicted molar refractivity (Wildman–Crippen MR) is 114 cm³/mol. The van der Waals surface area contributed by atoms with Crippen molar-refractivity contribution in [1.29, 1.82) is 0 Å². The molecule has 160 valence electrons. The molecule has 0 unspecified atom stereocenters. The first-order valence-electron chi connectivity index (χ1n) is 10.3. The maximum atomic E-state index is 13.3. The number of imidazole rings is 1. The maximum absolute atomic E-state index is 13.3. The van der Waals surface area contributed by atoms with Crippen molar-refractivity contribution in [3.63, 3.8) is 0 Å². The van der Waals surface area contributed by atoms with Crippen LogP contribution >= 0.6 is 0 Å². The summed E-state index contributed by atoms with van der Waals surface area (Å²) in [6.45, 7) is 5.58. The van der Waals surface area contributed by atoms with E-state index in [4.69, 9.17) is 14.3 Å². The highest BCUT2D eigenvalue weighted by molar-refractivity contribution is 5.94. The van der Waals surface area contributed by atoms with Crippen molar-refractivity contribution in [3.05, 3.63) is 59.0 Å². The number of hydrogen-bond donors (Lipinski definition) is 0. The molecule has 1 amide bonds. The Hall–Kier alpha value is -3.30. The van der Waals surface area contributed by atoms with Crippen LogP contribution in [-0.2, 0) is 17.8 Å². The van der Waals surface area contributed by atoms with Gasteiger partial charge in [0.1, 0.15) is 16.7 Å². The maximum Gasteiger partial charge on any atom is 0.274 e. The molecule has 0 aliphatic carbocycles. The molecule has 1 aromatic carbocycles. The standard InChI is InChI=1S/C22H24N6O3/c1-15-4-3-7-28-19(20(23-21(15)28)22(29)27-8-10-30-11-9-27)14-26(2)13-16-5-6-17-18(12-16)25-31-24-17/h3-7,12H,8-11,13-14H2,1-2H3. The van der Waals surface area contributed by atoms with Gasteiger partial charge in [0.05, 0.1) is 18.9 Å². The molecule has 4 aromatic rings. The third-order valence-corrected chi connectivity index (χ3v) is 5.64. The van der Waals surface area contributed by atoms with Gasteiger partial charge in [-0.05, 0) is 53.6 Å². The highest BCUT2D eigenvalue weighted by Crippen LogP contribution is 2.21. The highest BCUT2D eigenvalue weighted by atomic mass is 16.6. The van der Waals surface area contributed by atoms with E-state index in [-0.39, 0.29) is 5.91 Å². The molecule has 31 heavy (non-hydrogen) atoms.